The van der Waals surface area contributed by atoms with E-state index in [4.69, 9.17) is 11.1 Å². The van der Waals surface area contributed by atoms with E-state index in [1.54, 1.807) is 19.1 Å². The monoisotopic (exact) mass is 255 g/mol. The minimum absolute atomic E-state index is 0.0336. The maximum atomic E-state index is 12.0. The van der Waals surface area contributed by atoms with Gasteiger partial charge >= 0.3 is 0 Å². The molecule has 0 heterocycles. The summed E-state index contributed by atoms with van der Waals surface area (Å²) < 4.78 is 26.4. The third-order valence-electron chi connectivity index (χ3n) is 2.32. The standard InChI is InChI=1S/C11H17N3O2S/c1-8-3-4-9(2)10(7-8)17(15,16)14-6-5-11(12)13/h3-4,7,14H,5-6H2,1-2H3,(H3,12,13). The molecule has 17 heavy (non-hydrogen) atoms. The molecular formula is C11H17N3O2S. The Morgan fingerprint density at radius 3 is 2.65 bits per heavy atom. The first kappa shape index (κ1) is 13.7. The highest BCUT2D eigenvalue weighted by Gasteiger charge is 2.16. The van der Waals surface area contributed by atoms with Gasteiger partial charge in [-0.05, 0) is 31.0 Å². The zero-order valence-electron chi connectivity index (χ0n) is 9.95. The van der Waals surface area contributed by atoms with Crippen LogP contribution in [0.25, 0.3) is 0 Å². The summed E-state index contributed by atoms with van der Waals surface area (Å²) in [5.41, 5.74) is 6.75. The fraction of sp³-hybridized carbons (Fsp3) is 0.364. The summed E-state index contributed by atoms with van der Waals surface area (Å²) in [6.07, 6.45) is 0.212. The van der Waals surface area contributed by atoms with E-state index < -0.39 is 10.0 Å². The molecule has 0 aliphatic rings. The molecule has 1 rings (SSSR count). The number of nitrogens with one attached hydrogen (secondary N) is 2. The average Bonchev–Trinajstić information content (AvgIpc) is 2.20. The molecule has 0 unspecified atom stereocenters. The maximum Gasteiger partial charge on any atom is 0.240 e. The van der Waals surface area contributed by atoms with Crippen molar-refractivity contribution in [3.8, 4) is 0 Å². The maximum absolute atomic E-state index is 12.0. The third-order valence-corrected chi connectivity index (χ3v) is 3.92. The van der Waals surface area contributed by atoms with Crippen molar-refractivity contribution in [1.82, 2.24) is 4.72 Å². The van der Waals surface area contributed by atoms with Gasteiger partial charge in [0.2, 0.25) is 10.0 Å². The SMILES string of the molecule is Cc1ccc(C)c(S(=O)(=O)NCCC(=N)N)c1. The van der Waals surface area contributed by atoms with Crippen LogP contribution in [0, 0.1) is 19.3 Å². The molecule has 0 atom stereocenters. The van der Waals surface area contributed by atoms with Crippen LogP contribution in [-0.4, -0.2) is 20.8 Å². The van der Waals surface area contributed by atoms with Crippen molar-refractivity contribution in [2.45, 2.75) is 25.2 Å². The molecule has 0 fully saturated rings. The lowest BCUT2D eigenvalue weighted by Gasteiger charge is -2.09. The highest BCUT2D eigenvalue weighted by atomic mass is 32.2. The third kappa shape index (κ3) is 3.83. The lowest BCUT2D eigenvalue weighted by atomic mass is 10.2. The number of hydrogen-bond acceptors (Lipinski definition) is 3. The highest BCUT2D eigenvalue weighted by molar-refractivity contribution is 7.89. The molecule has 0 spiro atoms. The van der Waals surface area contributed by atoms with Crippen LogP contribution < -0.4 is 10.5 Å². The van der Waals surface area contributed by atoms with Gasteiger partial charge in [0, 0.05) is 13.0 Å². The van der Waals surface area contributed by atoms with Gasteiger partial charge in [-0.15, -0.1) is 0 Å². The van der Waals surface area contributed by atoms with Crippen LogP contribution in [0.1, 0.15) is 17.5 Å². The fourth-order valence-corrected chi connectivity index (χ4v) is 2.75. The van der Waals surface area contributed by atoms with Crippen LogP contribution in [-0.2, 0) is 10.0 Å². The fourth-order valence-electron chi connectivity index (χ4n) is 1.39. The van der Waals surface area contributed by atoms with Crippen LogP contribution in [0.15, 0.2) is 23.1 Å². The Hall–Kier alpha value is -1.40. The van der Waals surface area contributed by atoms with Crippen molar-refractivity contribution in [3.05, 3.63) is 29.3 Å². The van der Waals surface area contributed by atoms with Crippen molar-refractivity contribution in [2.75, 3.05) is 6.54 Å². The number of aryl methyl sites for hydroxylation is 2. The van der Waals surface area contributed by atoms with E-state index in [1.807, 2.05) is 13.0 Å². The molecule has 94 valence electrons. The first-order chi connectivity index (χ1) is 7.83. The van der Waals surface area contributed by atoms with Gasteiger partial charge < -0.3 is 5.73 Å². The molecular weight excluding hydrogens is 238 g/mol. The summed E-state index contributed by atoms with van der Waals surface area (Å²) in [4.78, 5) is 0.279. The molecule has 5 nitrogen and oxygen atoms in total. The topological polar surface area (TPSA) is 96.0 Å². The second-order valence-corrected chi connectivity index (χ2v) is 5.68. The molecule has 4 N–H and O–H groups in total. The zero-order valence-corrected chi connectivity index (χ0v) is 10.8. The van der Waals surface area contributed by atoms with Crippen molar-refractivity contribution >= 4 is 15.9 Å². The smallest absolute Gasteiger partial charge is 0.240 e. The average molecular weight is 255 g/mol. The molecule has 0 saturated heterocycles. The van der Waals surface area contributed by atoms with E-state index in [0.29, 0.717) is 5.56 Å². The van der Waals surface area contributed by atoms with Crippen molar-refractivity contribution in [3.63, 3.8) is 0 Å². The lowest BCUT2D eigenvalue weighted by molar-refractivity contribution is 0.582. The number of nitrogens with two attached hydrogens (primary N) is 1. The molecule has 1 aromatic rings. The Balaban J connectivity index is 2.89. The Kier molecular flexibility index (Phi) is 4.25. The summed E-state index contributed by atoms with van der Waals surface area (Å²) in [6.45, 7) is 3.73. The Morgan fingerprint density at radius 1 is 1.41 bits per heavy atom. The van der Waals surface area contributed by atoms with E-state index in [2.05, 4.69) is 4.72 Å². The van der Waals surface area contributed by atoms with Crippen molar-refractivity contribution in [1.29, 1.82) is 5.41 Å². The van der Waals surface area contributed by atoms with Crippen LogP contribution in [0.5, 0.6) is 0 Å². The van der Waals surface area contributed by atoms with Crippen LogP contribution in [0.4, 0.5) is 0 Å². The lowest BCUT2D eigenvalue weighted by Crippen LogP contribution is -2.28. The van der Waals surface area contributed by atoms with Crippen LogP contribution in [0.2, 0.25) is 0 Å². The quantitative estimate of drug-likeness (QED) is 0.539. The normalized spacial score (nSPS) is 11.4. The zero-order chi connectivity index (χ0) is 13.1. The van der Waals surface area contributed by atoms with Crippen molar-refractivity contribution < 1.29 is 8.42 Å². The van der Waals surface area contributed by atoms with Crippen LogP contribution in [0.3, 0.4) is 0 Å². The van der Waals surface area contributed by atoms with E-state index in [0.717, 1.165) is 5.56 Å². The van der Waals surface area contributed by atoms with Gasteiger partial charge in [-0.25, -0.2) is 13.1 Å². The first-order valence-corrected chi connectivity index (χ1v) is 6.71. The van der Waals surface area contributed by atoms with Gasteiger partial charge in [0.25, 0.3) is 0 Å². The summed E-state index contributed by atoms with van der Waals surface area (Å²) in [5, 5.41) is 7.03. The van der Waals surface area contributed by atoms with Gasteiger partial charge in [0.05, 0.1) is 10.7 Å². The summed E-state index contributed by atoms with van der Waals surface area (Å²) in [6, 6.07) is 5.27. The minimum Gasteiger partial charge on any atom is -0.388 e. The predicted octanol–water partition coefficient (Wildman–Crippen LogP) is 0.908. The number of benzene rings is 1. The van der Waals surface area contributed by atoms with Gasteiger partial charge in [-0.3, -0.25) is 5.41 Å². The largest absolute Gasteiger partial charge is 0.388 e. The minimum atomic E-state index is -3.51. The molecule has 0 radical (unpaired) electrons. The Morgan fingerprint density at radius 2 is 2.06 bits per heavy atom. The molecule has 0 saturated carbocycles. The summed E-state index contributed by atoms with van der Waals surface area (Å²) >= 11 is 0. The molecule has 0 bridgehead atoms. The van der Waals surface area contributed by atoms with Gasteiger partial charge in [-0.1, -0.05) is 12.1 Å². The molecule has 6 heteroatoms. The summed E-state index contributed by atoms with van der Waals surface area (Å²) in [7, 11) is -3.51. The predicted molar refractivity (Wildman–Crippen MR) is 67.6 cm³/mol. The number of sulfonamides is 1. The van der Waals surface area contributed by atoms with E-state index in [-0.39, 0.29) is 23.7 Å². The van der Waals surface area contributed by atoms with Crippen molar-refractivity contribution in [2.24, 2.45) is 5.73 Å². The van der Waals surface area contributed by atoms with E-state index >= 15 is 0 Å². The second kappa shape index (κ2) is 5.29. The highest BCUT2D eigenvalue weighted by Crippen LogP contribution is 2.16. The molecule has 0 amide bonds. The molecule has 1 aromatic carbocycles. The van der Waals surface area contributed by atoms with E-state index in [9.17, 15) is 8.42 Å². The van der Waals surface area contributed by atoms with Crippen LogP contribution >= 0.6 is 0 Å². The molecule has 0 aromatic heterocycles. The van der Waals surface area contributed by atoms with Gasteiger partial charge in [0.1, 0.15) is 0 Å². The number of hydrogen-bond donors (Lipinski definition) is 3. The van der Waals surface area contributed by atoms with Gasteiger partial charge in [0.15, 0.2) is 0 Å². The van der Waals surface area contributed by atoms with Gasteiger partial charge in [-0.2, -0.15) is 0 Å². The number of rotatable bonds is 5. The second-order valence-electron chi connectivity index (χ2n) is 3.94. The molecule has 0 aliphatic heterocycles. The Bertz CT molecular complexity index is 524. The van der Waals surface area contributed by atoms with E-state index in [1.165, 1.54) is 0 Å². The summed E-state index contributed by atoms with van der Waals surface area (Å²) in [5.74, 6) is -0.0336. The first-order valence-electron chi connectivity index (χ1n) is 5.23. The molecule has 0 aliphatic carbocycles. The Labute approximate surface area is 102 Å². The number of amidine groups is 1.